The Labute approximate surface area is 154 Å². The van der Waals surface area contributed by atoms with Crippen LogP contribution in [-0.2, 0) is 17.9 Å². The van der Waals surface area contributed by atoms with Crippen molar-refractivity contribution in [2.45, 2.75) is 19.5 Å². The summed E-state index contributed by atoms with van der Waals surface area (Å²) in [5.74, 6) is -1.31. The highest BCUT2D eigenvalue weighted by Crippen LogP contribution is 2.17. The lowest BCUT2D eigenvalue weighted by atomic mass is 10.2. The van der Waals surface area contributed by atoms with Crippen LogP contribution in [0.1, 0.15) is 22.5 Å². The van der Waals surface area contributed by atoms with Gasteiger partial charge in [0.2, 0.25) is 0 Å². The summed E-state index contributed by atoms with van der Waals surface area (Å²) in [5.41, 5.74) is 1.66. The minimum Gasteiger partial charge on any atom is -0.481 e. The number of nitrogens with one attached hydrogen (secondary N) is 1. The number of carbonyl (C=O) groups is 2. The molecule has 26 heavy (non-hydrogen) atoms. The smallest absolute Gasteiger partial charge is 0.305 e. The highest BCUT2D eigenvalue weighted by Gasteiger charge is 2.12. The van der Waals surface area contributed by atoms with Crippen LogP contribution in [0.15, 0.2) is 48.9 Å². The summed E-state index contributed by atoms with van der Waals surface area (Å²) in [5, 5.41) is 20.3. The fraction of sp³-hybridized carbons (Fsp3) is 0.176. The monoisotopic (exact) mass is 373 g/mol. The number of benzene rings is 1. The maximum atomic E-state index is 12.2. The SMILES string of the molecule is O=C(O)CCn1ccc(C(=O)Nc2cnn(Cc3ccccc3Cl)c2)n1. The number of carboxylic acid groups (broad SMARTS) is 1. The van der Waals surface area contributed by atoms with Gasteiger partial charge < -0.3 is 10.4 Å². The molecule has 0 bridgehead atoms. The topological polar surface area (TPSA) is 102 Å². The Morgan fingerprint density at radius 3 is 2.77 bits per heavy atom. The van der Waals surface area contributed by atoms with Crippen molar-refractivity contribution in [1.82, 2.24) is 19.6 Å². The minimum absolute atomic E-state index is 0.0580. The van der Waals surface area contributed by atoms with Crippen molar-refractivity contribution in [3.63, 3.8) is 0 Å². The number of carboxylic acids is 1. The van der Waals surface area contributed by atoms with Crippen LogP contribution in [0, 0.1) is 0 Å². The molecular weight excluding hydrogens is 358 g/mol. The quantitative estimate of drug-likeness (QED) is 0.662. The van der Waals surface area contributed by atoms with E-state index in [4.69, 9.17) is 16.7 Å². The van der Waals surface area contributed by atoms with Crippen LogP contribution in [0.3, 0.4) is 0 Å². The molecular formula is C17H16ClN5O3. The Bertz CT molecular complexity index is 934. The molecule has 3 aromatic rings. The van der Waals surface area contributed by atoms with Crippen LogP contribution in [0.2, 0.25) is 5.02 Å². The van der Waals surface area contributed by atoms with Gasteiger partial charge in [-0.2, -0.15) is 10.2 Å². The molecule has 0 aliphatic heterocycles. The number of aliphatic carboxylic acids is 1. The average Bonchev–Trinajstić information content (AvgIpc) is 3.24. The largest absolute Gasteiger partial charge is 0.481 e. The first kappa shape index (κ1) is 17.7. The fourth-order valence-corrected chi connectivity index (χ4v) is 2.52. The van der Waals surface area contributed by atoms with Gasteiger partial charge in [-0.3, -0.25) is 19.0 Å². The van der Waals surface area contributed by atoms with Gasteiger partial charge in [-0.05, 0) is 17.7 Å². The van der Waals surface area contributed by atoms with Crippen molar-refractivity contribution in [2.24, 2.45) is 0 Å². The van der Waals surface area contributed by atoms with Gasteiger partial charge in [0, 0.05) is 17.4 Å². The van der Waals surface area contributed by atoms with Gasteiger partial charge in [0.1, 0.15) is 0 Å². The van der Waals surface area contributed by atoms with E-state index < -0.39 is 11.9 Å². The Hall–Kier alpha value is -3.13. The highest BCUT2D eigenvalue weighted by atomic mass is 35.5. The number of hydrogen-bond donors (Lipinski definition) is 2. The van der Waals surface area contributed by atoms with Crippen LogP contribution in [0.4, 0.5) is 5.69 Å². The zero-order chi connectivity index (χ0) is 18.5. The second-order valence-corrected chi connectivity index (χ2v) is 5.99. The van der Waals surface area contributed by atoms with E-state index in [1.165, 1.54) is 16.9 Å². The van der Waals surface area contributed by atoms with Gasteiger partial charge in [0.05, 0.1) is 31.4 Å². The summed E-state index contributed by atoms with van der Waals surface area (Å²) >= 11 is 6.13. The van der Waals surface area contributed by atoms with E-state index in [0.29, 0.717) is 17.3 Å². The first-order valence-electron chi connectivity index (χ1n) is 7.84. The number of anilines is 1. The Morgan fingerprint density at radius 2 is 2.00 bits per heavy atom. The van der Waals surface area contributed by atoms with Crippen molar-refractivity contribution in [2.75, 3.05) is 5.32 Å². The van der Waals surface area contributed by atoms with Gasteiger partial charge in [0.25, 0.3) is 5.91 Å². The maximum absolute atomic E-state index is 12.2. The molecule has 0 atom stereocenters. The lowest BCUT2D eigenvalue weighted by Crippen LogP contribution is -2.13. The van der Waals surface area contributed by atoms with Crippen LogP contribution >= 0.6 is 11.6 Å². The highest BCUT2D eigenvalue weighted by molar-refractivity contribution is 6.31. The first-order chi connectivity index (χ1) is 12.5. The number of aromatic nitrogens is 4. The van der Waals surface area contributed by atoms with Crippen molar-refractivity contribution in [3.05, 3.63) is 65.2 Å². The van der Waals surface area contributed by atoms with Crippen LogP contribution in [0.25, 0.3) is 0 Å². The second kappa shape index (κ2) is 7.83. The Balaban J connectivity index is 1.61. The zero-order valence-electron chi connectivity index (χ0n) is 13.7. The molecule has 2 heterocycles. The van der Waals surface area contributed by atoms with Gasteiger partial charge in [-0.25, -0.2) is 0 Å². The predicted octanol–water partition coefficient (Wildman–Crippen LogP) is 2.51. The van der Waals surface area contributed by atoms with Gasteiger partial charge in [0.15, 0.2) is 5.69 Å². The van der Waals surface area contributed by atoms with Crippen LogP contribution in [0.5, 0.6) is 0 Å². The third kappa shape index (κ3) is 4.48. The number of carbonyl (C=O) groups excluding carboxylic acids is 1. The molecule has 0 aliphatic carbocycles. The normalized spacial score (nSPS) is 10.7. The van der Waals surface area contributed by atoms with E-state index in [1.54, 1.807) is 17.1 Å². The molecule has 2 aromatic heterocycles. The second-order valence-electron chi connectivity index (χ2n) is 5.58. The number of rotatable bonds is 7. The van der Waals surface area contributed by atoms with E-state index in [9.17, 15) is 9.59 Å². The molecule has 9 heteroatoms. The minimum atomic E-state index is -0.919. The Kier molecular flexibility index (Phi) is 5.33. The van der Waals surface area contributed by atoms with E-state index in [-0.39, 0.29) is 18.7 Å². The lowest BCUT2D eigenvalue weighted by molar-refractivity contribution is -0.137. The number of amides is 1. The third-order valence-corrected chi connectivity index (χ3v) is 3.98. The lowest BCUT2D eigenvalue weighted by Gasteiger charge is -2.04. The van der Waals surface area contributed by atoms with Crippen molar-refractivity contribution in [1.29, 1.82) is 0 Å². The first-order valence-corrected chi connectivity index (χ1v) is 8.21. The number of hydrogen-bond acceptors (Lipinski definition) is 4. The standard InChI is InChI=1S/C17H16ClN5O3/c18-14-4-2-1-3-12(14)10-23-11-13(9-19-23)20-17(26)15-5-7-22(21-15)8-6-16(24)25/h1-5,7,9,11H,6,8,10H2,(H,20,26)(H,24,25). The number of nitrogens with zero attached hydrogens (tertiary/aromatic N) is 4. The summed E-state index contributed by atoms with van der Waals surface area (Å²) in [6, 6.07) is 9.01. The molecule has 1 amide bonds. The maximum Gasteiger partial charge on any atom is 0.305 e. The summed E-state index contributed by atoms with van der Waals surface area (Å²) in [4.78, 5) is 22.8. The van der Waals surface area contributed by atoms with Gasteiger partial charge in [-0.15, -0.1) is 0 Å². The van der Waals surface area contributed by atoms with Crippen LogP contribution < -0.4 is 5.32 Å². The summed E-state index contributed by atoms with van der Waals surface area (Å²) in [6.45, 7) is 0.692. The molecule has 0 spiro atoms. The zero-order valence-corrected chi connectivity index (χ0v) is 14.4. The molecule has 0 fully saturated rings. The molecule has 1 aromatic carbocycles. The van der Waals surface area contributed by atoms with E-state index >= 15 is 0 Å². The summed E-state index contributed by atoms with van der Waals surface area (Å²) < 4.78 is 3.09. The summed E-state index contributed by atoms with van der Waals surface area (Å²) in [7, 11) is 0. The molecule has 2 N–H and O–H groups in total. The number of aryl methyl sites for hydroxylation is 1. The van der Waals surface area contributed by atoms with Gasteiger partial charge >= 0.3 is 5.97 Å². The average molecular weight is 374 g/mol. The molecule has 0 saturated carbocycles. The molecule has 3 rings (SSSR count). The molecule has 0 radical (unpaired) electrons. The fourth-order valence-electron chi connectivity index (χ4n) is 2.33. The van der Waals surface area contributed by atoms with E-state index in [0.717, 1.165) is 5.56 Å². The number of halogens is 1. The van der Waals surface area contributed by atoms with E-state index in [2.05, 4.69) is 15.5 Å². The summed E-state index contributed by atoms with van der Waals surface area (Å²) in [6.07, 6.45) is 4.75. The molecule has 0 saturated heterocycles. The predicted molar refractivity (Wildman–Crippen MR) is 95.2 cm³/mol. The molecule has 8 nitrogen and oxygen atoms in total. The third-order valence-electron chi connectivity index (χ3n) is 3.61. The molecule has 0 unspecified atom stereocenters. The van der Waals surface area contributed by atoms with Crippen molar-refractivity contribution in [3.8, 4) is 0 Å². The van der Waals surface area contributed by atoms with Crippen molar-refractivity contribution >= 4 is 29.2 Å². The molecule has 134 valence electrons. The molecule has 0 aliphatic rings. The van der Waals surface area contributed by atoms with E-state index in [1.807, 2.05) is 24.3 Å². The van der Waals surface area contributed by atoms with Crippen molar-refractivity contribution < 1.29 is 14.7 Å². The van der Waals surface area contributed by atoms with Gasteiger partial charge in [-0.1, -0.05) is 29.8 Å². The van der Waals surface area contributed by atoms with Crippen LogP contribution in [-0.4, -0.2) is 36.5 Å². The Morgan fingerprint density at radius 1 is 1.19 bits per heavy atom.